The third-order valence-electron chi connectivity index (χ3n) is 6.60. The van der Waals surface area contributed by atoms with E-state index in [1.165, 1.54) is 39.6 Å². The highest BCUT2D eigenvalue weighted by molar-refractivity contribution is 7.17. The van der Waals surface area contributed by atoms with Crippen LogP contribution in [0.4, 0.5) is 8.78 Å². The molecule has 194 valence electrons. The Labute approximate surface area is 220 Å². The van der Waals surface area contributed by atoms with E-state index in [9.17, 15) is 14.3 Å². The number of nitriles is 1. The van der Waals surface area contributed by atoms with E-state index >= 15 is 4.39 Å². The molecule has 1 N–H and O–H groups in total. The van der Waals surface area contributed by atoms with Crippen LogP contribution in [0.2, 0.25) is 0 Å². The van der Waals surface area contributed by atoms with Crippen molar-refractivity contribution in [2.24, 2.45) is 0 Å². The fourth-order valence-corrected chi connectivity index (χ4v) is 5.71. The number of aliphatic hydroxyl groups excluding tert-OH is 1. The second kappa shape index (κ2) is 10.0. The molecule has 2 aromatic heterocycles. The standard InChI is InChI=1S/C26H22F2N6O3S/c1-15-23(38-24(32-15)18-5-3-17(10-29)4-6-18)25(36)34-11-22(35)37-26(16(34)2,12-33-14-30-13-31-33)20-8-7-19(27)9-21(20)28/h3-9,13-14,16,22,35H,11-12H2,1-2H3. The van der Waals surface area contributed by atoms with Crippen LogP contribution in [0, 0.1) is 29.9 Å². The monoisotopic (exact) mass is 536 g/mol. The average molecular weight is 537 g/mol. The van der Waals surface area contributed by atoms with Gasteiger partial charge >= 0.3 is 0 Å². The van der Waals surface area contributed by atoms with E-state index in [0.717, 1.165) is 17.7 Å². The number of amides is 1. The van der Waals surface area contributed by atoms with Crippen LogP contribution in [-0.4, -0.2) is 54.5 Å². The molecule has 12 heteroatoms. The van der Waals surface area contributed by atoms with Gasteiger partial charge in [0, 0.05) is 17.2 Å². The summed E-state index contributed by atoms with van der Waals surface area (Å²) in [4.78, 5) is 24.1. The topological polar surface area (TPSA) is 117 Å². The summed E-state index contributed by atoms with van der Waals surface area (Å²) >= 11 is 1.18. The summed E-state index contributed by atoms with van der Waals surface area (Å²) in [5.41, 5.74) is 0.0966. The van der Waals surface area contributed by atoms with Crippen molar-refractivity contribution in [3.05, 3.63) is 88.5 Å². The quantitative estimate of drug-likeness (QED) is 0.414. The molecule has 0 saturated carbocycles. The Bertz CT molecular complexity index is 1520. The largest absolute Gasteiger partial charge is 0.366 e. The fraction of sp³-hybridized carbons (Fsp3) is 0.269. The number of nitrogens with zero attached hydrogens (tertiary/aromatic N) is 6. The van der Waals surface area contributed by atoms with Gasteiger partial charge in [-0.15, -0.1) is 11.3 Å². The van der Waals surface area contributed by atoms with Gasteiger partial charge in [-0.1, -0.05) is 18.2 Å². The molecule has 1 saturated heterocycles. The molecular formula is C26H22F2N6O3S. The summed E-state index contributed by atoms with van der Waals surface area (Å²) in [6.07, 6.45) is 1.24. The summed E-state index contributed by atoms with van der Waals surface area (Å²) in [5, 5.41) is 24.5. The van der Waals surface area contributed by atoms with Crippen molar-refractivity contribution in [1.82, 2.24) is 24.6 Å². The number of hydrogen-bond acceptors (Lipinski definition) is 8. The van der Waals surface area contributed by atoms with E-state index in [4.69, 9.17) is 10.00 Å². The highest BCUT2D eigenvalue weighted by Gasteiger charge is 2.51. The minimum atomic E-state index is -1.62. The van der Waals surface area contributed by atoms with Gasteiger partial charge < -0.3 is 14.7 Å². The molecule has 0 spiro atoms. The molecule has 1 amide bonds. The van der Waals surface area contributed by atoms with Crippen LogP contribution >= 0.6 is 11.3 Å². The number of hydrogen-bond donors (Lipinski definition) is 1. The SMILES string of the molecule is Cc1nc(-c2ccc(C#N)cc2)sc1C(=O)N1CC(O)OC(Cn2cncn2)(c2ccc(F)cc2F)C1C. The van der Waals surface area contributed by atoms with E-state index < -0.39 is 35.5 Å². The molecule has 0 radical (unpaired) electrons. The number of aliphatic hydroxyl groups is 1. The van der Waals surface area contributed by atoms with Gasteiger partial charge in [-0.2, -0.15) is 10.4 Å². The van der Waals surface area contributed by atoms with Crippen LogP contribution < -0.4 is 0 Å². The number of aryl methyl sites for hydroxylation is 1. The van der Waals surface area contributed by atoms with Crippen molar-refractivity contribution in [1.29, 1.82) is 5.26 Å². The Morgan fingerprint density at radius 3 is 2.71 bits per heavy atom. The van der Waals surface area contributed by atoms with Gasteiger partial charge in [-0.05, 0) is 32.0 Å². The number of carbonyl (C=O) groups is 1. The van der Waals surface area contributed by atoms with E-state index in [0.29, 0.717) is 21.1 Å². The molecule has 1 aliphatic rings. The molecule has 5 rings (SSSR count). The van der Waals surface area contributed by atoms with Crippen molar-refractivity contribution in [3.63, 3.8) is 0 Å². The van der Waals surface area contributed by atoms with E-state index in [1.807, 2.05) is 0 Å². The van der Waals surface area contributed by atoms with Gasteiger partial charge in [-0.3, -0.25) is 4.79 Å². The number of carbonyl (C=O) groups excluding carboxylic acids is 1. The molecule has 0 bridgehead atoms. The first-order valence-electron chi connectivity index (χ1n) is 11.6. The number of β-amino-alcohol motifs (C(OH)–C–C–N with tert-alkyl or cyclic N) is 1. The van der Waals surface area contributed by atoms with Crippen LogP contribution in [0.15, 0.2) is 55.1 Å². The minimum absolute atomic E-state index is 0.0299. The lowest BCUT2D eigenvalue weighted by molar-refractivity contribution is -0.255. The first-order chi connectivity index (χ1) is 18.2. The molecule has 1 fully saturated rings. The summed E-state index contributed by atoms with van der Waals surface area (Å²) in [6.45, 7) is 3.11. The molecule has 3 heterocycles. The summed E-state index contributed by atoms with van der Waals surface area (Å²) < 4.78 is 36.4. The lowest BCUT2D eigenvalue weighted by Gasteiger charge is -2.50. The van der Waals surface area contributed by atoms with Crippen LogP contribution in [0.5, 0.6) is 0 Å². The molecule has 38 heavy (non-hydrogen) atoms. The van der Waals surface area contributed by atoms with Crippen LogP contribution in [0.25, 0.3) is 10.6 Å². The third kappa shape index (κ3) is 4.56. The van der Waals surface area contributed by atoms with Gasteiger partial charge in [0.1, 0.15) is 39.8 Å². The zero-order chi connectivity index (χ0) is 27.0. The maximum Gasteiger partial charge on any atom is 0.266 e. The number of thiazole rings is 1. The molecule has 9 nitrogen and oxygen atoms in total. The van der Waals surface area contributed by atoms with Gasteiger partial charge in [0.05, 0.1) is 36.5 Å². The van der Waals surface area contributed by atoms with Crippen molar-refractivity contribution >= 4 is 17.2 Å². The first-order valence-corrected chi connectivity index (χ1v) is 12.5. The molecule has 4 aromatic rings. The van der Waals surface area contributed by atoms with Crippen molar-refractivity contribution in [3.8, 4) is 16.6 Å². The smallest absolute Gasteiger partial charge is 0.266 e. The second-order valence-corrected chi connectivity index (χ2v) is 9.93. The lowest BCUT2D eigenvalue weighted by Crippen LogP contribution is -2.63. The first kappa shape index (κ1) is 25.6. The highest BCUT2D eigenvalue weighted by atomic mass is 32.1. The lowest BCUT2D eigenvalue weighted by atomic mass is 9.83. The van der Waals surface area contributed by atoms with Crippen molar-refractivity contribution in [2.45, 2.75) is 38.3 Å². The predicted molar refractivity (Wildman–Crippen MR) is 133 cm³/mol. The normalized spacial score (nSPS) is 21.3. The average Bonchev–Trinajstić information content (AvgIpc) is 3.55. The summed E-state index contributed by atoms with van der Waals surface area (Å²) in [5.74, 6) is -2.06. The zero-order valence-electron chi connectivity index (χ0n) is 20.4. The Morgan fingerprint density at radius 2 is 2.05 bits per heavy atom. The summed E-state index contributed by atoms with van der Waals surface area (Å²) in [6, 6.07) is 11.2. The number of aromatic nitrogens is 4. The van der Waals surface area contributed by atoms with Gasteiger partial charge in [0.2, 0.25) is 0 Å². The Hall–Kier alpha value is -4.05. The fourth-order valence-electron chi connectivity index (χ4n) is 4.68. The van der Waals surface area contributed by atoms with Gasteiger partial charge in [0.25, 0.3) is 5.91 Å². The van der Waals surface area contributed by atoms with Crippen LogP contribution in [0.3, 0.4) is 0 Å². The molecule has 0 aliphatic carbocycles. The maximum absolute atomic E-state index is 15.2. The van der Waals surface area contributed by atoms with Gasteiger partial charge in [0.15, 0.2) is 6.29 Å². The molecular weight excluding hydrogens is 514 g/mol. The van der Waals surface area contributed by atoms with Crippen LogP contribution in [0.1, 0.15) is 33.4 Å². The zero-order valence-corrected chi connectivity index (χ0v) is 21.2. The van der Waals surface area contributed by atoms with Crippen molar-refractivity contribution in [2.75, 3.05) is 6.54 Å². The Morgan fingerprint density at radius 1 is 1.29 bits per heavy atom. The number of halogens is 2. The number of benzene rings is 2. The number of morpholine rings is 1. The Kier molecular flexibility index (Phi) is 6.75. The second-order valence-electron chi connectivity index (χ2n) is 8.94. The highest BCUT2D eigenvalue weighted by Crippen LogP contribution is 2.41. The Balaban J connectivity index is 1.55. The molecule has 3 unspecified atom stereocenters. The summed E-state index contributed by atoms with van der Waals surface area (Å²) in [7, 11) is 0. The molecule has 3 atom stereocenters. The maximum atomic E-state index is 15.2. The minimum Gasteiger partial charge on any atom is -0.366 e. The van der Waals surface area contributed by atoms with Crippen LogP contribution in [-0.2, 0) is 16.9 Å². The van der Waals surface area contributed by atoms with Crippen molar-refractivity contribution < 1.29 is 23.4 Å². The number of ether oxygens (including phenoxy) is 1. The predicted octanol–water partition coefficient (Wildman–Crippen LogP) is 3.63. The third-order valence-corrected chi connectivity index (χ3v) is 7.80. The van der Waals surface area contributed by atoms with E-state index in [-0.39, 0.29) is 18.7 Å². The molecule has 1 aliphatic heterocycles. The van der Waals surface area contributed by atoms with Gasteiger partial charge in [-0.25, -0.2) is 23.4 Å². The van der Waals surface area contributed by atoms with E-state index in [1.54, 1.807) is 38.1 Å². The number of rotatable bonds is 5. The molecule has 2 aromatic carbocycles. The van der Waals surface area contributed by atoms with E-state index in [2.05, 4.69) is 21.1 Å².